The Labute approximate surface area is 176 Å². The number of ether oxygens (including phenoxy) is 2. The third kappa shape index (κ3) is 4.27. The second-order valence-electron chi connectivity index (χ2n) is 7.04. The largest absolute Gasteiger partial charge is 0.487 e. The van der Waals surface area contributed by atoms with Crippen LogP contribution < -0.4 is 9.46 Å². The van der Waals surface area contributed by atoms with E-state index in [0.29, 0.717) is 12.2 Å². The van der Waals surface area contributed by atoms with Crippen molar-refractivity contribution in [2.24, 2.45) is 0 Å². The fourth-order valence-electron chi connectivity index (χ4n) is 3.60. The Hall–Kier alpha value is -2.09. The van der Waals surface area contributed by atoms with Crippen molar-refractivity contribution >= 4 is 27.6 Å². The summed E-state index contributed by atoms with van der Waals surface area (Å²) in [6.45, 7) is 4.07. The maximum Gasteiger partial charge on any atom is 0.339 e. The number of fused-ring (bicyclic) bond motifs is 1. The number of methoxy groups -OCH3 is 1. The maximum atomic E-state index is 13.1. The van der Waals surface area contributed by atoms with Gasteiger partial charge in [0.05, 0.1) is 28.6 Å². The Balaban J connectivity index is 1.99. The van der Waals surface area contributed by atoms with E-state index in [4.69, 9.17) is 16.3 Å². The molecule has 1 N–H and O–H groups in total. The molecule has 0 radical (unpaired) electrons. The molecule has 3 rings (SSSR count). The first-order chi connectivity index (χ1) is 13.7. The average Bonchev–Trinajstić information content (AvgIpc) is 2.72. The molecular formula is C21H24ClNO5S. The normalized spacial score (nSPS) is 17.9. The zero-order valence-electron chi connectivity index (χ0n) is 16.6. The number of hydrogen-bond acceptors (Lipinski definition) is 5. The van der Waals surface area contributed by atoms with E-state index in [0.717, 1.165) is 18.4 Å². The molecule has 2 aromatic rings. The van der Waals surface area contributed by atoms with Crippen LogP contribution in [0.3, 0.4) is 0 Å². The number of esters is 1. The first-order valence-electron chi connectivity index (χ1n) is 9.43. The van der Waals surface area contributed by atoms with Gasteiger partial charge >= 0.3 is 5.97 Å². The molecule has 0 amide bonds. The van der Waals surface area contributed by atoms with Gasteiger partial charge in [0.1, 0.15) is 11.4 Å². The summed E-state index contributed by atoms with van der Waals surface area (Å²) in [6, 6.07) is 11.0. The summed E-state index contributed by atoms with van der Waals surface area (Å²) in [7, 11) is -2.71. The van der Waals surface area contributed by atoms with Crippen LogP contribution in [-0.4, -0.2) is 27.1 Å². The summed E-state index contributed by atoms with van der Waals surface area (Å²) < 4.78 is 40.0. The summed E-state index contributed by atoms with van der Waals surface area (Å²) in [5.74, 6) is -0.0130. The highest BCUT2D eigenvalue weighted by atomic mass is 35.5. The van der Waals surface area contributed by atoms with Crippen LogP contribution in [0, 0.1) is 0 Å². The number of sulfonamides is 1. The lowest BCUT2D eigenvalue weighted by atomic mass is 9.84. The number of hydrogen-bond donors (Lipinski definition) is 1. The predicted molar refractivity (Wildman–Crippen MR) is 111 cm³/mol. The van der Waals surface area contributed by atoms with E-state index in [-0.39, 0.29) is 15.5 Å². The number of carbonyl (C=O) groups is 1. The van der Waals surface area contributed by atoms with Crippen LogP contribution in [0.5, 0.6) is 5.75 Å². The molecular weight excluding hydrogens is 414 g/mol. The number of nitrogens with one attached hydrogen (secondary N) is 1. The van der Waals surface area contributed by atoms with Gasteiger partial charge in [-0.25, -0.2) is 17.9 Å². The van der Waals surface area contributed by atoms with Gasteiger partial charge in [-0.1, -0.05) is 43.6 Å². The zero-order chi connectivity index (χ0) is 21.2. The van der Waals surface area contributed by atoms with Crippen LogP contribution in [-0.2, 0) is 14.8 Å². The molecule has 156 valence electrons. The second-order valence-corrected chi connectivity index (χ2v) is 9.16. The van der Waals surface area contributed by atoms with E-state index < -0.39 is 27.6 Å². The van der Waals surface area contributed by atoms with Gasteiger partial charge in [-0.15, -0.1) is 0 Å². The predicted octanol–water partition coefficient (Wildman–Crippen LogP) is 4.49. The molecule has 0 spiro atoms. The van der Waals surface area contributed by atoms with E-state index in [2.05, 4.69) is 9.46 Å². The first kappa shape index (κ1) is 21.6. The van der Waals surface area contributed by atoms with Gasteiger partial charge < -0.3 is 9.47 Å². The Morgan fingerprint density at radius 3 is 2.59 bits per heavy atom. The first-order valence-corrected chi connectivity index (χ1v) is 11.3. The highest BCUT2D eigenvalue weighted by molar-refractivity contribution is 7.89. The van der Waals surface area contributed by atoms with Crippen LogP contribution in [0.4, 0.5) is 0 Å². The van der Waals surface area contributed by atoms with Crippen LogP contribution in [0.15, 0.2) is 47.4 Å². The van der Waals surface area contributed by atoms with E-state index in [1.807, 2.05) is 38.1 Å². The minimum absolute atomic E-state index is 0.000817. The second kappa shape index (κ2) is 8.34. The van der Waals surface area contributed by atoms with Crippen LogP contribution >= 0.6 is 11.6 Å². The molecule has 0 fully saturated rings. The van der Waals surface area contributed by atoms with E-state index in [9.17, 15) is 13.2 Å². The summed E-state index contributed by atoms with van der Waals surface area (Å²) in [4.78, 5) is 11.8. The Morgan fingerprint density at radius 1 is 1.24 bits per heavy atom. The number of carbonyl (C=O) groups excluding carboxylic acids is 1. The number of benzene rings is 2. The summed E-state index contributed by atoms with van der Waals surface area (Å²) in [5.41, 5.74) is 0.343. The van der Waals surface area contributed by atoms with E-state index in [1.54, 1.807) is 0 Å². The minimum Gasteiger partial charge on any atom is -0.487 e. The van der Waals surface area contributed by atoms with Crippen molar-refractivity contribution in [2.75, 3.05) is 7.11 Å². The lowest BCUT2D eigenvalue weighted by Gasteiger charge is -2.41. The summed E-state index contributed by atoms with van der Waals surface area (Å²) in [6.07, 6.45) is 2.01. The lowest BCUT2D eigenvalue weighted by Crippen LogP contribution is -2.44. The van der Waals surface area contributed by atoms with Crippen molar-refractivity contribution in [3.05, 3.63) is 58.6 Å². The lowest BCUT2D eigenvalue weighted by molar-refractivity contribution is 0.0260. The molecule has 1 aliphatic rings. The van der Waals surface area contributed by atoms with Crippen molar-refractivity contribution in [1.82, 2.24) is 4.72 Å². The fraction of sp³-hybridized carbons (Fsp3) is 0.381. The standard InChI is InChI=1S/C21H24ClNO5S/c1-4-21(5-2)13-18(15-8-6-7-9-19(15)28-21)23-29(25,26)14-10-11-17(22)16(12-14)20(24)27-3/h6-12,18,23H,4-5,13H2,1-3H3/t18-/m0/s1. The van der Waals surface area contributed by atoms with Gasteiger partial charge in [-0.3, -0.25) is 0 Å². The van der Waals surface area contributed by atoms with E-state index in [1.165, 1.54) is 25.3 Å². The van der Waals surface area contributed by atoms with Crippen molar-refractivity contribution < 1.29 is 22.7 Å². The average molecular weight is 438 g/mol. The monoisotopic (exact) mass is 437 g/mol. The zero-order valence-corrected chi connectivity index (χ0v) is 18.1. The molecule has 0 bridgehead atoms. The number of para-hydroxylation sites is 1. The van der Waals surface area contributed by atoms with Gasteiger partial charge in [0, 0.05) is 12.0 Å². The fourth-order valence-corrected chi connectivity index (χ4v) is 5.04. The molecule has 8 heteroatoms. The van der Waals surface area contributed by atoms with E-state index >= 15 is 0 Å². The van der Waals surface area contributed by atoms with Gasteiger partial charge in [0.25, 0.3) is 0 Å². The molecule has 0 aromatic heterocycles. The molecule has 2 aromatic carbocycles. The third-order valence-corrected chi connectivity index (χ3v) is 7.24. The SMILES string of the molecule is CCC1(CC)C[C@H](NS(=O)(=O)c2ccc(Cl)c(C(=O)OC)c2)c2ccccc2O1. The summed E-state index contributed by atoms with van der Waals surface area (Å²) in [5, 5.41) is 0.128. The molecule has 1 heterocycles. The number of rotatable bonds is 6. The molecule has 6 nitrogen and oxygen atoms in total. The van der Waals surface area contributed by atoms with Gasteiger partial charge in [0.15, 0.2) is 0 Å². The van der Waals surface area contributed by atoms with Crippen LogP contribution in [0.25, 0.3) is 0 Å². The topological polar surface area (TPSA) is 81.7 Å². The quantitative estimate of drug-likeness (QED) is 0.673. The van der Waals surface area contributed by atoms with Crippen molar-refractivity contribution in [3.8, 4) is 5.75 Å². The summed E-state index contributed by atoms with van der Waals surface area (Å²) >= 11 is 6.02. The molecule has 29 heavy (non-hydrogen) atoms. The molecule has 0 aliphatic carbocycles. The highest BCUT2D eigenvalue weighted by Gasteiger charge is 2.40. The van der Waals surface area contributed by atoms with Crippen LogP contribution in [0.2, 0.25) is 5.02 Å². The van der Waals surface area contributed by atoms with Crippen molar-refractivity contribution in [3.63, 3.8) is 0 Å². The minimum atomic E-state index is -3.92. The van der Waals surface area contributed by atoms with Crippen molar-refractivity contribution in [2.45, 2.75) is 49.6 Å². The Bertz CT molecular complexity index is 1020. The Morgan fingerprint density at radius 2 is 1.93 bits per heavy atom. The van der Waals surface area contributed by atoms with Gasteiger partial charge in [0.2, 0.25) is 10.0 Å². The van der Waals surface area contributed by atoms with Gasteiger partial charge in [-0.05, 0) is 37.1 Å². The smallest absolute Gasteiger partial charge is 0.339 e. The maximum absolute atomic E-state index is 13.1. The molecule has 0 saturated carbocycles. The molecule has 1 atom stereocenters. The molecule has 0 saturated heterocycles. The number of halogens is 1. The van der Waals surface area contributed by atoms with Crippen LogP contribution in [0.1, 0.15) is 55.1 Å². The molecule has 1 aliphatic heterocycles. The molecule has 0 unspecified atom stereocenters. The van der Waals surface area contributed by atoms with Gasteiger partial charge in [-0.2, -0.15) is 0 Å². The highest BCUT2D eigenvalue weighted by Crippen LogP contribution is 2.43. The third-order valence-electron chi connectivity index (χ3n) is 5.44. The Kier molecular flexibility index (Phi) is 6.22. The van der Waals surface area contributed by atoms with Crippen molar-refractivity contribution in [1.29, 1.82) is 0 Å².